The molecule has 0 aliphatic carbocycles. The van der Waals surface area contributed by atoms with Gasteiger partial charge in [-0.25, -0.2) is 4.98 Å². The Morgan fingerprint density at radius 2 is 2.11 bits per heavy atom. The van der Waals surface area contributed by atoms with E-state index < -0.39 is 11.7 Å². The molecule has 6 heteroatoms. The number of nitrogens with one attached hydrogen (secondary N) is 2. The summed E-state index contributed by atoms with van der Waals surface area (Å²) in [6.07, 6.45) is -2.35. The monoisotopic (exact) mass is 269 g/mol. The van der Waals surface area contributed by atoms with E-state index in [1.165, 1.54) is 6.07 Å². The smallest absolute Gasteiger partial charge is 0.340 e. The fraction of sp³-hybridized carbons (Fsp3) is 0.462. The van der Waals surface area contributed by atoms with Gasteiger partial charge in [0.25, 0.3) is 0 Å². The molecule has 1 aliphatic heterocycles. The van der Waals surface area contributed by atoms with Gasteiger partial charge in [-0.2, -0.15) is 13.2 Å². The van der Waals surface area contributed by atoms with E-state index in [9.17, 15) is 13.2 Å². The summed E-state index contributed by atoms with van der Waals surface area (Å²) >= 11 is 0. The highest BCUT2D eigenvalue weighted by atomic mass is 19.4. The topological polar surface area (TPSA) is 40.7 Å². The summed E-state index contributed by atoms with van der Waals surface area (Å²) in [6, 6.07) is 3.60. The summed E-state index contributed by atoms with van der Waals surface area (Å²) in [6.45, 7) is 2.92. The van der Waals surface area contributed by atoms with Crippen molar-refractivity contribution in [3.8, 4) is 0 Å². The van der Waals surface area contributed by atoms with Gasteiger partial charge in [0.2, 0.25) is 0 Å². The van der Waals surface area contributed by atoms with Crippen LogP contribution in [0.1, 0.15) is 31.2 Å². The first-order valence-electron chi connectivity index (χ1n) is 6.21. The minimum atomic E-state index is -4.32. The van der Waals surface area contributed by atoms with Crippen LogP contribution in [0.3, 0.4) is 0 Å². The van der Waals surface area contributed by atoms with Gasteiger partial charge in [-0.3, -0.25) is 0 Å². The van der Waals surface area contributed by atoms with Crippen molar-refractivity contribution in [2.24, 2.45) is 0 Å². The van der Waals surface area contributed by atoms with Gasteiger partial charge in [0, 0.05) is 0 Å². The molecule has 1 atom stereocenters. The number of imidazole rings is 1. The molecule has 19 heavy (non-hydrogen) atoms. The Labute approximate surface area is 108 Å². The van der Waals surface area contributed by atoms with Gasteiger partial charge in [0.15, 0.2) is 0 Å². The number of rotatable bonds is 1. The van der Waals surface area contributed by atoms with Crippen molar-refractivity contribution in [1.82, 2.24) is 15.3 Å². The largest absolute Gasteiger partial charge is 0.416 e. The minimum Gasteiger partial charge on any atom is -0.340 e. The maximum atomic E-state index is 12.7. The molecule has 2 aromatic rings. The lowest BCUT2D eigenvalue weighted by Crippen LogP contribution is -2.34. The summed E-state index contributed by atoms with van der Waals surface area (Å²) in [5, 5.41) is 3.34. The Hall–Kier alpha value is -1.56. The fourth-order valence-corrected chi connectivity index (χ4v) is 2.54. The van der Waals surface area contributed by atoms with Gasteiger partial charge >= 0.3 is 6.18 Å². The Bertz CT molecular complexity index is 609. The van der Waals surface area contributed by atoms with Crippen LogP contribution in [0.15, 0.2) is 18.2 Å². The van der Waals surface area contributed by atoms with Gasteiger partial charge in [-0.1, -0.05) is 0 Å². The van der Waals surface area contributed by atoms with Gasteiger partial charge in [0.1, 0.15) is 5.82 Å². The molecule has 102 valence electrons. The Morgan fingerprint density at radius 1 is 1.32 bits per heavy atom. The van der Waals surface area contributed by atoms with E-state index in [0.717, 1.165) is 31.5 Å². The summed E-state index contributed by atoms with van der Waals surface area (Å²) < 4.78 is 38.0. The van der Waals surface area contributed by atoms with Crippen LogP contribution in [0.2, 0.25) is 0 Å². The molecule has 3 nitrogen and oxygen atoms in total. The molecule has 1 saturated heterocycles. The standard InChI is InChI=1S/C13H14F3N3/c1-12(5-2-6-17-12)11-18-9-4-3-8(13(14,15)16)7-10(9)19-11/h3-4,7,17H,2,5-6H2,1H3,(H,18,19). The van der Waals surface area contributed by atoms with Crippen LogP contribution in [0.25, 0.3) is 11.0 Å². The zero-order valence-corrected chi connectivity index (χ0v) is 10.4. The van der Waals surface area contributed by atoms with Crippen LogP contribution in [-0.2, 0) is 11.7 Å². The molecule has 0 amide bonds. The third-order valence-corrected chi connectivity index (χ3v) is 3.70. The maximum Gasteiger partial charge on any atom is 0.416 e. The zero-order valence-electron chi connectivity index (χ0n) is 10.4. The van der Waals surface area contributed by atoms with E-state index in [2.05, 4.69) is 15.3 Å². The Morgan fingerprint density at radius 3 is 2.74 bits per heavy atom. The number of nitrogens with zero attached hydrogens (tertiary/aromatic N) is 1. The van der Waals surface area contributed by atoms with E-state index >= 15 is 0 Å². The molecule has 1 fully saturated rings. The van der Waals surface area contributed by atoms with Gasteiger partial charge < -0.3 is 10.3 Å². The molecule has 0 saturated carbocycles. The van der Waals surface area contributed by atoms with Crippen molar-refractivity contribution in [1.29, 1.82) is 0 Å². The summed E-state index contributed by atoms with van der Waals surface area (Å²) in [5.41, 5.74) is 0.0784. The molecule has 1 aromatic carbocycles. The zero-order chi connectivity index (χ0) is 13.7. The number of benzene rings is 1. The number of aromatic amines is 1. The second-order valence-electron chi connectivity index (χ2n) is 5.18. The highest BCUT2D eigenvalue weighted by Crippen LogP contribution is 2.33. The molecular formula is C13H14F3N3. The van der Waals surface area contributed by atoms with Crippen molar-refractivity contribution in [2.75, 3.05) is 6.54 Å². The number of aromatic nitrogens is 2. The van der Waals surface area contributed by atoms with Crippen molar-refractivity contribution in [2.45, 2.75) is 31.5 Å². The molecule has 3 rings (SSSR count). The van der Waals surface area contributed by atoms with E-state index in [1.807, 2.05) is 6.92 Å². The number of hydrogen-bond donors (Lipinski definition) is 2. The predicted molar refractivity (Wildman–Crippen MR) is 65.7 cm³/mol. The molecule has 2 N–H and O–H groups in total. The third kappa shape index (κ3) is 2.10. The number of alkyl halides is 3. The lowest BCUT2D eigenvalue weighted by atomic mass is 10.00. The average Bonchev–Trinajstić information content (AvgIpc) is 2.93. The van der Waals surface area contributed by atoms with Gasteiger partial charge in [0.05, 0.1) is 22.1 Å². The molecule has 0 bridgehead atoms. The molecule has 1 unspecified atom stereocenters. The van der Waals surface area contributed by atoms with Crippen LogP contribution >= 0.6 is 0 Å². The molecular weight excluding hydrogens is 255 g/mol. The maximum absolute atomic E-state index is 12.7. The first-order chi connectivity index (χ1) is 8.88. The molecule has 1 aromatic heterocycles. The van der Waals surface area contributed by atoms with Crippen molar-refractivity contribution >= 4 is 11.0 Å². The van der Waals surface area contributed by atoms with E-state index in [4.69, 9.17) is 0 Å². The van der Waals surface area contributed by atoms with Crippen LogP contribution < -0.4 is 5.32 Å². The molecule has 0 spiro atoms. The third-order valence-electron chi connectivity index (χ3n) is 3.70. The first kappa shape index (κ1) is 12.5. The van der Waals surface area contributed by atoms with E-state index in [-0.39, 0.29) is 5.54 Å². The molecule has 2 heterocycles. The van der Waals surface area contributed by atoms with E-state index in [1.54, 1.807) is 0 Å². The van der Waals surface area contributed by atoms with Crippen LogP contribution in [-0.4, -0.2) is 16.5 Å². The first-order valence-corrected chi connectivity index (χ1v) is 6.21. The van der Waals surface area contributed by atoms with Crippen LogP contribution in [0, 0.1) is 0 Å². The number of fused-ring (bicyclic) bond motifs is 1. The average molecular weight is 269 g/mol. The van der Waals surface area contributed by atoms with Gasteiger partial charge in [-0.05, 0) is 44.5 Å². The predicted octanol–water partition coefficient (Wildman–Crippen LogP) is 3.18. The van der Waals surface area contributed by atoms with Crippen molar-refractivity contribution in [3.63, 3.8) is 0 Å². The highest BCUT2D eigenvalue weighted by molar-refractivity contribution is 5.76. The quantitative estimate of drug-likeness (QED) is 0.834. The fourth-order valence-electron chi connectivity index (χ4n) is 2.54. The number of hydrogen-bond acceptors (Lipinski definition) is 2. The molecule has 0 radical (unpaired) electrons. The van der Waals surface area contributed by atoms with Crippen LogP contribution in [0.5, 0.6) is 0 Å². The lowest BCUT2D eigenvalue weighted by Gasteiger charge is -2.21. The Balaban J connectivity index is 2.06. The second-order valence-corrected chi connectivity index (χ2v) is 5.18. The second kappa shape index (κ2) is 3.96. The van der Waals surface area contributed by atoms with Crippen molar-refractivity contribution in [3.05, 3.63) is 29.6 Å². The summed E-state index contributed by atoms with van der Waals surface area (Å²) in [7, 11) is 0. The van der Waals surface area contributed by atoms with Crippen molar-refractivity contribution < 1.29 is 13.2 Å². The lowest BCUT2D eigenvalue weighted by molar-refractivity contribution is -0.137. The van der Waals surface area contributed by atoms with Gasteiger partial charge in [-0.15, -0.1) is 0 Å². The SMILES string of the molecule is CC1(c2nc3ccc(C(F)(F)F)cc3[nH]2)CCCN1. The van der Waals surface area contributed by atoms with E-state index in [0.29, 0.717) is 16.9 Å². The normalized spacial score (nSPS) is 24.2. The number of H-pyrrole nitrogens is 1. The number of halogens is 3. The highest BCUT2D eigenvalue weighted by Gasteiger charge is 2.34. The summed E-state index contributed by atoms with van der Waals surface area (Å²) in [5.74, 6) is 0.708. The van der Waals surface area contributed by atoms with Crippen LogP contribution in [0.4, 0.5) is 13.2 Å². The Kier molecular flexibility index (Phi) is 2.60. The molecule has 1 aliphatic rings. The summed E-state index contributed by atoms with van der Waals surface area (Å²) in [4.78, 5) is 7.42. The minimum absolute atomic E-state index is 0.266.